The number of anilines is 1. The number of rotatable bonds is 5. The summed E-state index contributed by atoms with van der Waals surface area (Å²) in [5, 5.41) is 2.90. The van der Waals surface area contributed by atoms with Gasteiger partial charge >= 0.3 is 6.61 Å². The molecule has 0 aliphatic rings. The van der Waals surface area contributed by atoms with Gasteiger partial charge in [0.25, 0.3) is 0 Å². The number of hydrogen-bond donors (Lipinski definition) is 1. The van der Waals surface area contributed by atoms with Gasteiger partial charge in [0.05, 0.1) is 0 Å². The van der Waals surface area contributed by atoms with Crippen LogP contribution >= 0.6 is 0 Å². The van der Waals surface area contributed by atoms with Gasteiger partial charge in [-0.25, -0.2) is 8.78 Å². The molecule has 21 heavy (non-hydrogen) atoms. The second-order valence-electron chi connectivity index (χ2n) is 4.45. The standard InChI is InChI=1S/C15H13F4NO/c1-9-2-3-11(16)6-10(9)8-20-12-4-5-14(13(17)7-12)21-15(18)19/h2-7,15,20H,8H2,1H3. The highest BCUT2D eigenvalue weighted by Crippen LogP contribution is 2.23. The van der Waals surface area contributed by atoms with Crippen molar-refractivity contribution in [2.24, 2.45) is 0 Å². The van der Waals surface area contributed by atoms with E-state index in [-0.39, 0.29) is 12.4 Å². The van der Waals surface area contributed by atoms with Crippen molar-refractivity contribution in [3.8, 4) is 5.75 Å². The molecule has 0 aromatic heterocycles. The second kappa shape index (κ2) is 6.47. The molecule has 2 rings (SSSR count). The van der Waals surface area contributed by atoms with Crippen LogP contribution in [0.15, 0.2) is 36.4 Å². The lowest BCUT2D eigenvalue weighted by atomic mass is 10.1. The molecule has 2 nitrogen and oxygen atoms in total. The normalized spacial score (nSPS) is 10.8. The molecule has 0 radical (unpaired) electrons. The summed E-state index contributed by atoms with van der Waals surface area (Å²) >= 11 is 0. The summed E-state index contributed by atoms with van der Waals surface area (Å²) in [6, 6.07) is 7.96. The monoisotopic (exact) mass is 299 g/mol. The Morgan fingerprint density at radius 2 is 1.86 bits per heavy atom. The Hall–Kier alpha value is -2.24. The summed E-state index contributed by atoms with van der Waals surface area (Å²) in [7, 11) is 0. The van der Waals surface area contributed by atoms with E-state index in [4.69, 9.17) is 0 Å². The van der Waals surface area contributed by atoms with Crippen molar-refractivity contribution in [3.05, 3.63) is 59.2 Å². The SMILES string of the molecule is Cc1ccc(F)cc1CNc1ccc(OC(F)F)c(F)c1. The maximum Gasteiger partial charge on any atom is 0.387 e. The molecule has 112 valence electrons. The molecule has 0 heterocycles. The number of hydrogen-bond acceptors (Lipinski definition) is 2. The van der Waals surface area contributed by atoms with Gasteiger partial charge in [-0.15, -0.1) is 0 Å². The van der Waals surface area contributed by atoms with Gasteiger partial charge in [0.1, 0.15) is 5.82 Å². The third kappa shape index (κ3) is 4.11. The van der Waals surface area contributed by atoms with Crippen LogP contribution in [0.1, 0.15) is 11.1 Å². The third-order valence-corrected chi connectivity index (χ3v) is 2.94. The first kappa shape index (κ1) is 15.2. The third-order valence-electron chi connectivity index (χ3n) is 2.94. The van der Waals surface area contributed by atoms with Crippen LogP contribution in [0.5, 0.6) is 5.75 Å². The highest BCUT2D eigenvalue weighted by molar-refractivity contribution is 5.48. The van der Waals surface area contributed by atoms with Crippen LogP contribution in [0, 0.1) is 18.6 Å². The van der Waals surface area contributed by atoms with Gasteiger partial charge in [-0.1, -0.05) is 6.07 Å². The van der Waals surface area contributed by atoms with Crippen LogP contribution in [0.3, 0.4) is 0 Å². The average Bonchev–Trinajstić information content (AvgIpc) is 2.42. The Balaban J connectivity index is 2.07. The van der Waals surface area contributed by atoms with Crippen LogP contribution < -0.4 is 10.1 Å². The fourth-order valence-electron chi connectivity index (χ4n) is 1.83. The largest absolute Gasteiger partial charge is 0.432 e. The van der Waals surface area contributed by atoms with E-state index in [9.17, 15) is 17.6 Å². The minimum Gasteiger partial charge on any atom is -0.432 e. The van der Waals surface area contributed by atoms with Crippen LogP contribution in [-0.2, 0) is 6.54 Å². The first-order valence-corrected chi connectivity index (χ1v) is 6.19. The van der Waals surface area contributed by atoms with Crippen molar-refractivity contribution in [3.63, 3.8) is 0 Å². The number of alkyl halides is 2. The molecule has 0 spiro atoms. The molecule has 0 saturated heterocycles. The maximum absolute atomic E-state index is 13.5. The van der Waals surface area contributed by atoms with Crippen molar-refractivity contribution in [1.29, 1.82) is 0 Å². The van der Waals surface area contributed by atoms with E-state index in [0.717, 1.165) is 23.3 Å². The van der Waals surface area contributed by atoms with Crippen molar-refractivity contribution in [2.45, 2.75) is 20.1 Å². The molecule has 1 N–H and O–H groups in total. The first-order valence-electron chi connectivity index (χ1n) is 6.19. The van der Waals surface area contributed by atoms with Crippen molar-refractivity contribution in [1.82, 2.24) is 0 Å². The topological polar surface area (TPSA) is 21.3 Å². The summed E-state index contributed by atoms with van der Waals surface area (Å²) in [5.74, 6) is -1.77. The zero-order valence-corrected chi connectivity index (χ0v) is 11.2. The van der Waals surface area contributed by atoms with Crippen LogP contribution in [0.25, 0.3) is 0 Å². The molecule has 6 heteroatoms. The van der Waals surface area contributed by atoms with Crippen LogP contribution in [0.2, 0.25) is 0 Å². The minimum absolute atomic E-state index is 0.290. The highest BCUT2D eigenvalue weighted by Gasteiger charge is 2.10. The van der Waals surface area contributed by atoms with Crippen molar-refractivity contribution >= 4 is 5.69 Å². The number of aryl methyl sites for hydroxylation is 1. The number of ether oxygens (including phenoxy) is 1. The van der Waals surface area contributed by atoms with E-state index in [2.05, 4.69) is 10.1 Å². The van der Waals surface area contributed by atoms with Gasteiger partial charge in [0, 0.05) is 18.3 Å². The molecular weight excluding hydrogens is 286 g/mol. The Morgan fingerprint density at radius 1 is 1.10 bits per heavy atom. The van der Waals surface area contributed by atoms with Gasteiger partial charge in [0.2, 0.25) is 0 Å². The van der Waals surface area contributed by atoms with E-state index in [0.29, 0.717) is 5.69 Å². The lowest BCUT2D eigenvalue weighted by Crippen LogP contribution is -2.05. The molecule has 0 amide bonds. The predicted octanol–water partition coefficient (Wildman–Crippen LogP) is 4.49. The zero-order chi connectivity index (χ0) is 15.4. The Labute approximate surface area is 119 Å². The molecule has 0 atom stereocenters. The smallest absolute Gasteiger partial charge is 0.387 e. The number of benzene rings is 2. The molecular formula is C15H13F4NO. The Bertz CT molecular complexity index is 631. The lowest BCUT2D eigenvalue weighted by molar-refractivity contribution is -0.0521. The number of nitrogens with one attached hydrogen (secondary N) is 1. The van der Waals surface area contributed by atoms with Gasteiger partial charge in [-0.05, 0) is 42.3 Å². The molecule has 0 unspecified atom stereocenters. The van der Waals surface area contributed by atoms with Gasteiger partial charge < -0.3 is 10.1 Å². The van der Waals surface area contributed by atoms with E-state index in [1.54, 1.807) is 6.07 Å². The molecule has 2 aromatic carbocycles. The molecule has 0 aliphatic heterocycles. The summed E-state index contributed by atoms with van der Waals surface area (Å²) in [4.78, 5) is 0. The summed E-state index contributed by atoms with van der Waals surface area (Å²) in [6.07, 6.45) is 0. The summed E-state index contributed by atoms with van der Waals surface area (Å²) < 4.78 is 54.7. The summed E-state index contributed by atoms with van der Waals surface area (Å²) in [6.45, 7) is -0.956. The lowest BCUT2D eigenvalue weighted by Gasteiger charge is -2.11. The fourth-order valence-corrected chi connectivity index (χ4v) is 1.83. The predicted molar refractivity (Wildman–Crippen MR) is 71.5 cm³/mol. The first-order chi connectivity index (χ1) is 9.95. The van der Waals surface area contributed by atoms with E-state index in [1.165, 1.54) is 18.2 Å². The van der Waals surface area contributed by atoms with Crippen LogP contribution in [-0.4, -0.2) is 6.61 Å². The van der Waals surface area contributed by atoms with E-state index >= 15 is 0 Å². The molecule has 0 saturated carbocycles. The van der Waals surface area contributed by atoms with E-state index < -0.39 is 18.2 Å². The Morgan fingerprint density at radius 3 is 2.52 bits per heavy atom. The van der Waals surface area contributed by atoms with E-state index in [1.807, 2.05) is 6.92 Å². The molecule has 0 fully saturated rings. The molecule has 0 aliphatic carbocycles. The highest BCUT2D eigenvalue weighted by atomic mass is 19.3. The maximum atomic E-state index is 13.5. The van der Waals surface area contributed by atoms with Crippen LogP contribution in [0.4, 0.5) is 23.2 Å². The Kier molecular flexibility index (Phi) is 4.67. The van der Waals surface area contributed by atoms with Crippen molar-refractivity contribution < 1.29 is 22.3 Å². The fraction of sp³-hybridized carbons (Fsp3) is 0.200. The molecule has 2 aromatic rings. The minimum atomic E-state index is -3.08. The second-order valence-corrected chi connectivity index (χ2v) is 4.45. The van der Waals surface area contributed by atoms with Crippen molar-refractivity contribution in [2.75, 3.05) is 5.32 Å². The van der Waals surface area contributed by atoms with Gasteiger partial charge in [0.15, 0.2) is 11.6 Å². The zero-order valence-electron chi connectivity index (χ0n) is 11.2. The quantitative estimate of drug-likeness (QED) is 0.822. The van der Waals surface area contributed by atoms with Gasteiger partial charge in [-0.2, -0.15) is 8.78 Å². The molecule has 0 bridgehead atoms. The number of halogens is 4. The average molecular weight is 299 g/mol. The summed E-state index contributed by atoms with van der Waals surface area (Å²) in [5.41, 5.74) is 2.00. The van der Waals surface area contributed by atoms with Gasteiger partial charge in [-0.3, -0.25) is 0 Å².